The van der Waals surface area contributed by atoms with Crippen molar-refractivity contribution in [1.29, 1.82) is 0 Å². The van der Waals surface area contributed by atoms with E-state index in [1.165, 1.54) is 12.8 Å². The molecule has 6 nitrogen and oxygen atoms in total. The minimum atomic E-state index is -0.144. The lowest BCUT2D eigenvalue weighted by molar-refractivity contribution is 0.102. The van der Waals surface area contributed by atoms with Gasteiger partial charge < -0.3 is 14.6 Å². The molecule has 6 heteroatoms. The van der Waals surface area contributed by atoms with Crippen molar-refractivity contribution >= 4 is 23.1 Å². The molecule has 1 amide bonds. The lowest BCUT2D eigenvalue weighted by Gasteiger charge is -2.31. The van der Waals surface area contributed by atoms with E-state index >= 15 is 0 Å². The Morgan fingerprint density at radius 2 is 2.00 bits per heavy atom. The molecule has 0 aliphatic carbocycles. The Hall–Kier alpha value is -2.89. The summed E-state index contributed by atoms with van der Waals surface area (Å²) in [4.78, 5) is 24.1. The van der Waals surface area contributed by atoms with E-state index in [0.717, 1.165) is 48.3 Å². The fourth-order valence-corrected chi connectivity index (χ4v) is 3.77. The molecule has 1 N–H and O–H groups in total. The molecule has 0 spiro atoms. The van der Waals surface area contributed by atoms with Gasteiger partial charge in [-0.15, -0.1) is 0 Å². The highest BCUT2D eigenvalue weighted by atomic mass is 16.1. The van der Waals surface area contributed by atoms with E-state index in [2.05, 4.69) is 34.0 Å². The average molecular weight is 377 g/mol. The third-order valence-electron chi connectivity index (χ3n) is 5.67. The summed E-state index contributed by atoms with van der Waals surface area (Å²) in [6.07, 6.45) is 6.87. The van der Waals surface area contributed by atoms with Crippen LogP contribution < -0.4 is 10.2 Å². The van der Waals surface area contributed by atoms with Crippen molar-refractivity contribution in [2.45, 2.75) is 40.0 Å². The molecule has 0 unspecified atom stereocenters. The minimum Gasteiger partial charge on any atom is -0.357 e. The van der Waals surface area contributed by atoms with Crippen LogP contribution in [0.2, 0.25) is 0 Å². The number of aromatic nitrogens is 3. The summed E-state index contributed by atoms with van der Waals surface area (Å²) in [6, 6.07) is 7.61. The molecule has 1 fully saturated rings. The second kappa shape index (κ2) is 7.62. The fourth-order valence-electron chi connectivity index (χ4n) is 3.77. The van der Waals surface area contributed by atoms with E-state index in [9.17, 15) is 4.79 Å². The molecule has 4 rings (SSSR count). The number of rotatable bonds is 4. The molecular weight excluding hydrogens is 350 g/mol. The van der Waals surface area contributed by atoms with Gasteiger partial charge in [0.15, 0.2) is 0 Å². The van der Waals surface area contributed by atoms with E-state index in [1.807, 2.05) is 41.8 Å². The second-order valence-corrected chi connectivity index (χ2v) is 7.67. The van der Waals surface area contributed by atoms with Gasteiger partial charge in [0.1, 0.15) is 11.5 Å². The second-order valence-electron chi connectivity index (χ2n) is 7.67. The van der Waals surface area contributed by atoms with Crippen molar-refractivity contribution in [3.8, 4) is 0 Å². The fraction of sp³-hybridized carbons (Fsp3) is 0.409. The predicted octanol–water partition coefficient (Wildman–Crippen LogP) is 4.09. The Labute approximate surface area is 165 Å². The Bertz CT molecular complexity index is 984. The number of carbonyl (C=O) groups is 1. The van der Waals surface area contributed by atoms with Crippen molar-refractivity contribution in [2.75, 3.05) is 23.3 Å². The monoisotopic (exact) mass is 377 g/mol. The molecule has 3 aromatic rings. The molecule has 1 aliphatic rings. The number of imidazole rings is 1. The molecule has 1 aliphatic heterocycles. The zero-order chi connectivity index (χ0) is 19.7. The number of nitrogens with zero attached hydrogens (tertiary/aromatic N) is 4. The molecule has 1 saturated heterocycles. The molecular formula is C22H27N5O. The zero-order valence-corrected chi connectivity index (χ0v) is 16.8. The highest BCUT2D eigenvalue weighted by molar-refractivity contribution is 6.04. The summed E-state index contributed by atoms with van der Waals surface area (Å²) < 4.78 is 1.98. The van der Waals surface area contributed by atoms with Crippen molar-refractivity contribution in [2.24, 2.45) is 5.92 Å². The molecule has 3 aromatic heterocycles. The first-order valence-corrected chi connectivity index (χ1v) is 10.0. The number of hydrogen-bond donors (Lipinski definition) is 1. The van der Waals surface area contributed by atoms with Crippen LogP contribution in [-0.4, -0.2) is 33.4 Å². The Morgan fingerprint density at radius 1 is 1.21 bits per heavy atom. The van der Waals surface area contributed by atoms with Gasteiger partial charge in [0.25, 0.3) is 5.91 Å². The summed E-state index contributed by atoms with van der Waals surface area (Å²) in [7, 11) is 0. The lowest BCUT2D eigenvalue weighted by atomic mass is 9.99. The molecule has 4 heterocycles. The van der Waals surface area contributed by atoms with Crippen LogP contribution in [0.4, 0.5) is 11.5 Å². The standard InChI is InChI=1S/C22H27N5O/c1-4-19-16(3)27-14-17(5-7-21(27)25-19)22(28)24-18-6-8-20(23-13-18)26-11-9-15(2)10-12-26/h5-8,13-15H,4,9-12H2,1-3H3,(H,24,28). The number of anilines is 2. The summed E-state index contributed by atoms with van der Waals surface area (Å²) in [5.41, 5.74) is 4.31. The number of fused-ring (bicyclic) bond motifs is 1. The lowest BCUT2D eigenvalue weighted by Crippen LogP contribution is -2.33. The molecule has 0 radical (unpaired) electrons. The van der Waals surface area contributed by atoms with Gasteiger partial charge in [0.2, 0.25) is 0 Å². The normalized spacial score (nSPS) is 15.2. The largest absolute Gasteiger partial charge is 0.357 e. The highest BCUT2D eigenvalue weighted by Crippen LogP contribution is 2.22. The molecule has 0 bridgehead atoms. The predicted molar refractivity (Wildman–Crippen MR) is 112 cm³/mol. The van der Waals surface area contributed by atoms with Gasteiger partial charge in [0.05, 0.1) is 23.1 Å². The van der Waals surface area contributed by atoms with Gasteiger partial charge >= 0.3 is 0 Å². The summed E-state index contributed by atoms with van der Waals surface area (Å²) in [6.45, 7) is 8.51. The quantitative estimate of drug-likeness (QED) is 0.744. The first-order chi connectivity index (χ1) is 13.5. The van der Waals surface area contributed by atoms with Crippen LogP contribution in [0.3, 0.4) is 0 Å². The van der Waals surface area contributed by atoms with Crippen molar-refractivity contribution in [3.05, 3.63) is 53.6 Å². The Kier molecular flexibility index (Phi) is 5.03. The topological polar surface area (TPSA) is 62.5 Å². The van der Waals surface area contributed by atoms with Gasteiger partial charge in [-0.3, -0.25) is 4.79 Å². The number of aryl methyl sites for hydroxylation is 2. The van der Waals surface area contributed by atoms with Gasteiger partial charge in [0, 0.05) is 25.0 Å². The maximum atomic E-state index is 12.7. The third kappa shape index (κ3) is 3.59. The van der Waals surface area contributed by atoms with Crippen LogP contribution in [0.25, 0.3) is 5.65 Å². The smallest absolute Gasteiger partial charge is 0.257 e. The first-order valence-electron chi connectivity index (χ1n) is 10.0. The first kappa shape index (κ1) is 18.5. The van der Waals surface area contributed by atoms with Gasteiger partial charge in [-0.05, 0) is 56.4 Å². The molecule has 0 saturated carbocycles. The number of piperidine rings is 1. The number of amides is 1. The van der Waals surface area contributed by atoms with Crippen LogP contribution in [0.1, 0.15) is 48.4 Å². The van der Waals surface area contributed by atoms with Crippen LogP contribution >= 0.6 is 0 Å². The summed E-state index contributed by atoms with van der Waals surface area (Å²) in [5.74, 6) is 1.63. The zero-order valence-electron chi connectivity index (χ0n) is 16.8. The summed E-state index contributed by atoms with van der Waals surface area (Å²) in [5, 5.41) is 2.95. The van der Waals surface area contributed by atoms with Gasteiger partial charge in [-0.2, -0.15) is 0 Å². The van der Waals surface area contributed by atoms with E-state index in [1.54, 1.807) is 6.20 Å². The maximum absolute atomic E-state index is 12.7. The molecule has 0 aromatic carbocycles. The van der Waals surface area contributed by atoms with Crippen molar-refractivity contribution in [1.82, 2.24) is 14.4 Å². The van der Waals surface area contributed by atoms with E-state index in [4.69, 9.17) is 0 Å². The molecule has 146 valence electrons. The van der Waals surface area contributed by atoms with E-state index in [0.29, 0.717) is 11.3 Å². The van der Waals surface area contributed by atoms with E-state index in [-0.39, 0.29) is 5.91 Å². The summed E-state index contributed by atoms with van der Waals surface area (Å²) >= 11 is 0. The number of hydrogen-bond acceptors (Lipinski definition) is 4. The number of carbonyl (C=O) groups excluding carboxylic acids is 1. The number of pyridine rings is 2. The highest BCUT2D eigenvalue weighted by Gasteiger charge is 2.17. The SMILES string of the molecule is CCc1nc2ccc(C(=O)Nc3ccc(N4CCC(C)CC4)nc3)cn2c1C. The van der Waals surface area contributed by atoms with Crippen LogP contribution in [0.15, 0.2) is 36.7 Å². The van der Waals surface area contributed by atoms with Crippen LogP contribution in [-0.2, 0) is 6.42 Å². The van der Waals surface area contributed by atoms with Crippen molar-refractivity contribution in [3.63, 3.8) is 0 Å². The average Bonchev–Trinajstić information content (AvgIpc) is 3.04. The maximum Gasteiger partial charge on any atom is 0.257 e. The van der Waals surface area contributed by atoms with Crippen molar-refractivity contribution < 1.29 is 4.79 Å². The Morgan fingerprint density at radius 3 is 2.68 bits per heavy atom. The van der Waals surface area contributed by atoms with E-state index < -0.39 is 0 Å². The van der Waals surface area contributed by atoms with Gasteiger partial charge in [-0.25, -0.2) is 9.97 Å². The van der Waals surface area contributed by atoms with Crippen LogP contribution in [0, 0.1) is 12.8 Å². The van der Waals surface area contributed by atoms with Crippen LogP contribution in [0.5, 0.6) is 0 Å². The van der Waals surface area contributed by atoms with Gasteiger partial charge in [-0.1, -0.05) is 13.8 Å². The third-order valence-corrected chi connectivity index (χ3v) is 5.67. The molecule has 0 atom stereocenters. The Balaban J connectivity index is 1.47. The number of nitrogens with one attached hydrogen (secondary N) is 1. The minimum absolute atomic E-state index is 0.144. The molecule has 28 heavy (non-hydrogen) atoms.